The van der Waals surface area contributed by atoms with Crippen molar-refractivity contribution in [2.75, 3.05) is 13.1 Å². The smallest absolute Gasteiger partial charge is 0.256 e. The van der Waals surface area contributed by atoms with Crippen molar-refractivity contribution < 1.29 is 9.18 Å². The van der Waals surface area contributed by atoms with Crippen LogP contribution in [0.3, 0.4) is 0 Å². The Labute approximate surface area is 122 Å². The van der Waals surface area contributed by atoms with Gasteiger partial charge in [-0.05, 0) is 30.5 Å². The highest BCUT2D eigenvalue weighted by Gasteiger charge is 2.24. The molecule has 1 aliphatic heterocycles. The minimum atomic E-state index is -0.285. The summed E-state index contributed by atoms with van der Waals surface area (Å²) in [7, 11) is 0. The predicted octanol–water partition coefficient (Wildman–Crippen LogP) is 2.38. The van der Waals surface area contributed by atoms with Crippen LogP contribution in [0, 0.1) is 5.82 Å². The molecular formula is C16H18FN3O. The Morgan fingerprint density at radius 3 is 2.52 bits per heavy atom. The van der Waals surface area contributed by atoms with Crippen LogP contribution in [0.25, 0.3) is 11.1 Å². The molecule has 3 rings (SSSR count). The predicted molar refractivity (Wildman–Crippen MR) is 79.3 cm³/mol. The van der Waals surface area contributed by atoms with E-state index in [9.17, 15) is 9.18 Å². The molecule has 2 aromatic rings. The van der Waals surface area contributed by atoms with Gasteiger partial charge >= 0.3 is 0 Å². The van der Waals surface area contributed by atoms with Crippen molar-refractivity contribution in [1.29, 1.82) is 0 Å². The molecule has 0 saturated carbocycles. The fraction of sp³-hybridized carbons (Fsp3) is 0.312. The summed E-state index contributed by atoms with van der Waals surface area (Å²) < 4.78 is 13.0. The zero-order chi connectivity index (χ0) is 14.8. The number of aromatic amines is 1. The Morgan fingerprint density at radius 1 is 1.19 bits per heavy atom. The number of carbonyl (C=O) groups excluding carboxylic acids is 1. The maximum Gasteiger partial charge on any atom is 0.256 e. The average Bonchev–Trinajstić information content (AvgIpc) is 2.97. The van der Waals surface area contributed by atoms with Gasteiger partial charge in [0.15, 0.2) is 0 Å². The quantitative estimate of drug-likeness (QED) is 0.891. The number of benzene rings is 1. The maximum atomic E-state index is 13.0. The van der Waals surface area contributed by atoms with E-state index < -0.39 is 0 Å². The zero-order valence-corrected chi connectivity index (χ0v) is 11.7. The van der Waals surface area contributed by atoms with Gasteiger partial charge in [-0.25, -0.2) is 4.39 Å². The number of amides is 1. The highest BCUT2D eigenvalue weighted by molar-refractivity contribution is 6.00. The first-order chi connectivity index (χ1) is 10.1. The van der Waals surface area contributed by atoms with Crippen molar-refractivity contribution in [2.45, 2.75) is 18.9 Å². The van der Waals surface area contributed by atoms with Gasteiger partial charge < -0.3 is 15.6 Å². The van der Waals surface area contributed by atoms with Gasteiger partial charge in [0, 0.05) is 37.1 Å². The summed E-state index contributed by atoms with van der Waals surface area (Å²) in [5.41, 5.74) is 8.12. The lowest BCUT2D eigenvalue weighted by Crippen LogP contribution is -2.42. The molecule has 21 heavy (non-hydrogen) atoms. The average molecular weight is 287 g/mol. The minimum Gasteiger partial charge on any atom is -0.366 e. The van der Waals surface area contributed by atoms with Gasteiger partial charge in [0.05, 0.1) is 5.56 Å². The molecule has 1 saturated heterocycles. The number of H-pyrrole nitrogens is 1. The number of nitrogens with two attached hydrogens (primary N) is 1. The number of likely N-dealkylation sites (tertiary alicyclic amines) is 1. The second-order valence-corrected chi connectivity index (χ2v) is 5.42. The second-order valence-electron chi connectivity index (χ2n) is 5.42. The molecule has 4 nitrogen and oxygen atoms in total. The standard InChI is InChI=1S/C16H18FN3O/c17-12-3-1-11(2-4-12)14-9-19-10-15(14)16(21)20-7-5-13(18)6-8-20/h1-4,9-10,13,19H,5-8,18H2. The molecule has 0 unspecified atom stereocenters. The van der Waals surface area contributed by atoms with Crippen LogP contribution in [0.4, 0.5) is 4.39 Å². The fourth-order valence-corrected chi connectivity index (χ4v) is 2.68. The topological polar surface area (TPSA) is 62.1 Å². The summed E-state index contributed by atoms with van der Waals surface area (Å²) in [5, 5.41) is 0. The lowest BCUT2D eigenvalue weighted by atomic mass is 10.0. The first-order valence-electron chi connectivity index (χ1n) is 7.13. The number of rotatable bonds is 2. The lowest BCUT2D eigenvalue weighted by molar-refractivity contribution is 0.0715. The number of hydrogen-bond donors (Lipinski definition) is 2. The van der Waals surface area contributed by atoms with Crippen molar-refractivity contribution in [3.05, 3.63) is 48.0 Å². The van der Waals surface area contributed by atoms with Gasteiger partial charge in [0.2, 0.25) is 0 Å². The molecule has 1 aromatic carbocycles. The van der Waals surface area contributed by atoms with E-state index >= 15 is 0 Å². The maximum absolute atomic E-state index is 13.0. The van der Waals surface area contributed by atoms with Gasteiger partial charge in [0.1, 0.15) is 5.82 Å². The van der Waals surface area contributed by atoms with Gasteiger partial charge in [-0.2, -0.15) is 0 Å². The third-order valence-electron chi connectivity index (χ3n) is 3.96. The first-order valence-corrected chi connectivity index (χ1v) is 7.13. The number of piperidine rings is 1. The third kappa shape index (κ3) is 2.83. The number of hydrogen-bond acceptors (Lipinski definition) is 2. The van der Waals surface area contributed by atoms with E-state index in [1.165, 1.54) is 12.1 Å². The van der Waals surface area contributed by atoms with Crippen LogP contribution in [0.15, 0.2) is 36.7 Å². The Bertz CT molecular complexity index is 627. The molecule has 110 valence electrons. The van der Waals surface area contributed by atoms with Crippen molar-refractivity contribution in [3.8, 4) is 11.1 Å². The normalized spacial score (nSPS) is 16.2. The molecule has 2 heterocycles. The molecule has 0 atom stereocenters. The Kier molecular flexibility index (Phi) is 3.75. The molecule has 3 N–H and O–H groups in total. The Morgan fingerprint density at radius 2 is 1.86 bits per heavy atom. The highest BCUT2D eigenvalue weighted by atomic mass is 19.1. The molecule has 1 aliphatic rings. The molecule has 5 heteroatoms. The Balaban J connectivity index is 1.85. The number of halogens is 1. The van der Waals surface area contributed by atoms with Gasteiger partial charge in [-0.3, -0.25) is 4.79 Å². The van der Waals surface area contributed by atoms with Crippen LogP contribution in [0.5, 0.6) is 0 Å². The van der Waals surface area contributed by atoms with Crippen LogP contribution < -0.4 is 5.73 Å². The summed E-state index contributed by atoms with van der Waals surface area (Å²) in [6.07, 6.45) is 5.15. The summed E-state index contributed by atoms with van der Waals surface area (Å²) in [4.78, 5) is 17.4. The highest BCUT2D eigenvalue weighted by Crippen LogP contribution is 2.25. The number of carbonyl (C=O) groups is 1. The van der Waals surface area contributed by atoms with Gasteiger partial charge in [0.25, 0.3) is 5.91 Å². The van der Waals surface area contributed by atoms with E-state index in [2.05, 4.69) is 4.98 Å². The van der Waals surface area contributed by atoms with Gasteiger partial charge in [-0.1, -0.05) is 12.1 Å². The third-order valence-corrected chi connectivity index (χ3v) is 3.96. The van der Waals surface area contributed by atoms with Gasteiger partial charge in [-0.15, -0.1) is 0 Å². The SMILES string of the molecule is NC1CCN(C(=O)c2c[nH]cc2-c2ccc(F)cc2)CC1. The van der Waals surface area contributed by atoms with Crippen molar-refractivity contribution >= 4 is 5.91 Å². The number of nitrogens with zero attached hydrogens (tertiary/aromatic N) is 1. The summed E-state index contributed by atoms with van der Waals surface area (Å²) in [6, 6.07) is 6.35. The van der Waals surface area contributed by atoms with E-state index in [0.29, 0.717) is 18.7 Å². The molecule has 1 fully saturated rings. The fourth-order valence-electron chi connectivity index (χ4n) is 2.68. The van der Waals surface area contributed by atoms with Crippen molar-refractivity contribution in [3.63, 3.8) is 0 Å². The lowest BCUT2D eigenvalue weighted by Gasteiger charge is -2.30. The molecular weight excluding hydrogens is 269 g/mol. The van der Waals surface area contributed by atoms with Crippen LogP contribution in [0.2, 0.25) is 0 Å². The molecule has 0 radical (unpaired) electrons. The van der Waals surface area contributed by atoms with E-state index in [0.717, 1.165) is 24.0 Å². The van der Waals surface area contributed by atoms with Crippen molar-refractivity contribution in [1.82, 2.24) is 9.88 Å². The molecule has 0 aliphatic carbocycles. The van der Waals surface area contributed by atoms with Crippen molar-refractivity contribution in [2.24, 2.45) is 5.73 Å². The monoisotopic (exact) mass is 287 g/mol. The summed E-state index contributed by atoms with van der Waals surface area (Å²) in [6.45, 7) is 1.38. The van der Waals surface area contributed by atoms with E-state index in [4.69, 9.17) is 5.73 Å². The molecule has 1 amide bonds. The second kappa shape index (κ2) is 5.69. The summed E-state index contributed by atoms with van der Waals surface area (Å²) >= 11 is 0. The zero-order valence-electron chi connectivity index (χ0n) is 11.7. The molecule has 1 aromatic heterocycles. The van der Waals surface area contributed by atoms with E-state index in [1.807, 2.05) is 4.90 Å². The first kappa shape index (κ1) is 13.8. The Hall–Kier alpha value is -2.14. The van der Waals surface area contributed by atoms with Crippen LogP contribution in [-0.4, -0.2) is 34.9 Å². The largest absolute Gasteiger partial charge is 0.366 e. The van der Waals surface area contributed by atoms with E-state index in [-0.39, 0.29) is 17.8 Å². The van der Waals surface area contributed by atoms with Crippen LogP contribution in [-0.2, 0) is 0 Å². The minimum absolute atomic E-state index is 0.00229. The molecule has 0 spiro atoms. The molecule has 0 bridgehead atoms. The summed E-state index contributed by atoms with van der Waals surface area (Å²) in [5.74, 6) is -0.283. The number of aromatic nitrogens is 1. The van der Waals surface area contributed by atoms with E-state index in [1.54, 1.807) is 24.5 Å². The van der Waals surface area contributed by atoms with Crippen LogP contribution >= 0.6 is 0 Å². The van der Waals surface area contributed by atoms with Crippen LogP contribution in [0.1, 0.15) is 23.2 Å². The number of nitrogens with one attached hydrogen (secondary N) is 1.